The largest absolute Gasteiger partial charge is 0.329 e. The fraction of sp³-hybridized carbons (Fsp3) is 1.00. The minimum Gasteiger partial charge on any atom is -0.329 e. The van der Waals surface area contributed by atoms with Crippen molar-refractivity contribution in [1.29, 1.82) is 0 Å². The normalized spacial score (nSPS) is 12.0. The van der Waals surface area contributed by atoms with Gasteiger partial charge >= 0.3 is 0 Å². The van der Waals surface area contributed by atoms with Crippen molar-refractivity contribution in [3.05, 3.63) is 0 Å². The topological polar surface area (TPSA) is 29.3 Å². The van der Waals surface area contributed by atoms with Crippen molar-refractivity contribution in [2.24, 2.45) is 11.7 Å². The van der Waals surface area contributed by atoms with Gasteiger partial charge in [0.15, 0.2) is 0 Å². The van der Waals surface area contributed by atoms with Crippen molar-refractivity contribution >= 4 is 0 Å². The second-order valence-electron chi connectivity index (χ2n) is 4.45. The molecule has 0 unspecified atom stereocenters. The third-order valence-electron chi connectivity index (χ3n) is 2.37. The van der Waals surface area contributed by atoms with Crippen molar-refractivity contribution in [2.75, 3.05) is 19.6 Å². The molecule has 13 heavy (non-hydrogen) atoms. The molecule has 0 saturated carbocycles. The second kappa shape index (κ2) is 7.34. The molecule has 2 heteroatoms. The molecule has 0 atom stereocenters. The van der Waals surface area contributed by atoms with Crippen molar-refractivity contribution in [3.63, 3.8) is 0 Å². The van der Waals surface area contributed by atoms with E-state index in [1.807, 2.05) is 0 Å². The number of nitrogens with zero attached hydrogens (tertiary/aromatic N) is 1. The first-order valence-corrected chi connectivity index (χ1v) is 5.52. The van der Waals surface area contributed by atoms with Gasteiger partial charge < -0.3 is 5.73 Å². The number of nitrogens with two attached hydrogens (primary N) is 1. The van der Waals surface area contributed by atoms with Crippen LogP contribution in [-0.2, 0) is 0 Å². The molecule has 0 rings (SSSR count). The highest BCUT2D eigenvalue weighted by Gasteiger charge is 2.07. The summed E-state index contributed by atoms with van der Waals surface area (Å²) in [6, 6.07) is 0.635. The highest BCUT2D eigenvalue weighted by Crippen LogP contribution is 2.06. The lowest BCUT2D eigenvalue weighted by atomic mass is 10.1. The first-order valence-electron chi connectivity index (χ1n) is 5.52. The molecule has 0 heterocycles. The molecule has 80 valence electrons. The van der Waals surface area contributed by atoms with Crippen LogP contribution in [0.15, 0.2) is 0 Å². The maximum atomic E-state index is 5.56. The molecule has 0 radical (unpaired) electrons. The fourth-order valence-corrected chi connectivity index (χ4v) is 1.50. The van der Waals surface area contributed by atoms with Gasteiger partial charge in [0.2, 0.25) is 0 Å². The van der Waals surface area contributed by atoms with E-state index < -0.39 is 0 Å². The Bertz CT molecular complexity index is 111. The van der Waals surface area contributed by atoms with Gasteiger partial charge in [0.25, 0.3) is 0 Å². The summed E-state index contributed by atoms with van der Waals surface area (Å²) in [5, 5.41) is 0. The molecule has 2 nitrogen and oxygen atoms in total. The molecule has 0 fully saturated rings. The minimum absolute atomic E-state index is 0.635. The molecule has 0 aromatic heterocycles. The van der Waals surface area contributed by atoms with E-state index in [1.165, 1.54) is 19.4 Å². The number of hydrogen-bond donors (Lipinski definition) is 1. The SMILES string of the molecule is CC(C)CCCN(CCN)C(C)C. The highest BCUT2D eigenvalue weighted by atomic mass is 15.1. The third-order valence-corrected chi connectivity index (χ3v) is 2.37. The summed E-state index contributed by atoms with van der Waals surface area (Å²) < 4.78 is 0. The molecular formula is C11H26N2. The molecule has 0 aliphatic rings. The van der Waals surface area contributed by atoms with Crippen LogP contribution in [0.3, 0.4) is 0 Å². The van der Waals surface area contributed by atoms with Gasteiger partial charge in [0.05, 0.1) is 0 Å². The number of rotatable bonds is 7. The van der Waals surface area contributed by atoms with Crippen LogP contribution >= 0.6 is 0 Å². The van der Waals surface area contributed by atoms with E-state index in [9.17, 15) is 0 Å². The van der Waals surface area contributed by atoms with Gasteiger partial charge in [0, 0.05) is 19.1 Å². The van der Waals surface area contributed by atoms with Gasteiger partial charge in [-0.3, -0.25) is 4.90 Å². The van der Waals surface area contributed by atoms with E-state index in [0.29, 0.717) is 6.04 Å². The molecule has 0 saturated heterocycles. The Morgan fingerprint density at radius 1 is 1.08 bits per heavy atom. The van der Waals surface area contributed by atoms with Gasteiger partial charge in [-0.05, 0) is 39.2 Å². The average Bonchev–Trinajstić information content (AvgIpc) is 2.02. The Kier molecular flexibility index (Phi) is 7.29. The highest BCUT2D eigenvalue weighted by molar-refractivity contribution is 4.63. The molecular weight excluding hydrogens is 160 g/mol. The number of hydrogen-bond acceptors (Lipinski definition) is 2. The summed E-state index contributed by atoms with van der Waals surface area (Å²) in [5.41, 5.74) is 5.56. The summed E-state index contributed by atoms with van der Waals surface area (Å²) in [6.07, 6.45) is 2.63. The van der Waals surface area contributed by atoms with Gasteiger partial charge in [-0.2, -0.15) is 0 Å². The molecule has 2 N–H and O–H groups in total. The molecule has 0 aromatic carbocycles. The summed E-state index contributed by atoms with van der Waals surface area (Å²) >= 11 is 0. The monoisotopic (exact) mass is 186 g/mol. The Morgan fingerprint density at radius 3 is 2.08 bits per heavy atom. The summed E-state index contributed by atoms with van der Waals surface area (Å²) in [4.78, 5) is 2.46. The average molecular weight is 186 g/mol. The standard InChI is InChI=1S/C11H26N2/c1-10(2)6-5-8-13(9-7-12)11(3)4/h10-11H,5-9,12H2,1-4H3. The van der Waals surface area contributed by atoms with Crippen LogP contribution < -0.4 is 5.73 Å². The lowest BCUT2D eigenvalue weighted by molar-refractivity contribution is 0.220. The molecule has 0 bridgehead atoms. The van der Waals surface area contributed by atoms with E-state index in [4.69, 9.17) is 5.73 Å². The van der Waals surface area contributed by atoms with Crippen LogP contribution in [0.5, 0.6) is 0 Å². The van der Waals surface area contributed by atoms with Crippen LogP contribution in [0.25, 0.3) is 0 Å². The maximum Gasteiger partial charge on any atom is 0.0107 e. The zero-order valence-electron chi connectivity index (χ0n) is 9.71. The Balaban J connectivity index is 3.57. The van der Waals surface area contributed by atoms with Gasteiger partial charge in [-0.15, -0.1) is 0 Å². The van der Waals surface area contributed by atoms with Crippen molar-refractivity contribution in [2.45, 2.75) is 46.6 Å². The first-order chi connectivity index (χ1) is 6.07. The van der Waals surface area contributed by atoms with Crippen LogP contribution in [0.4, 0.5) is 0 Å². The molecule has 0 amide bonds. The summed E-state index contributed by atoms with van der Waals surface area (Å²) in [7, 11) is 0. The zero-order chi connectivity index (χ0) is 10.3. The summed E-state index contributed by atoms with van der Waals surface area (Å²) in [5.74, 6) is 0.826. The quantitative estimate of drug-likeness (QED) is 0.659. The molecule has 0 aromatic rings. The van der Waals surface area contributed by atoms with E-state index in [0.717, 1.165) is 19.0 Å². The Labute approximate surface area is 83.5 Å². The van der Waals surface area contributed by atoms with Crippen molar-refractivity contribution < 1.29 is 0 Å². The second-order valence-corrected chi connectivity index (χ2v) is 4.45. The first kappa shape index (κ1) is 12.9. The van der Waals surface area contributed by atoms with E-state index in [1.54, 1.807) is 0 Å². The van der Waals surface area contributed by atoms with Gasteiger partial charge in [-0.25, -0.2) is 0 Å². The predicted molar refractivity (Wildman–Crippen MR) is 59.8 cm³/mol. The predicted octanol–water partition coefficient (Wildman–Crippen LogP) is 2.09. The van der Waals surface area contributed by atoms with E-state index >= 15 is 0 Å². The lowest BCUT2D eigenvalue weighted by Crippen LogP contribution is -2.36. The van der Waals surface area contributed by atoms with Crippen LogP contribution in [-0.4, -0.2) is 30.6 Å². The van der Waals surface area contributed by atoms with Crippen LogP contribution in [0, 0.1) is 5.92 Å². The summed E-state index contributed by atoms with van der Waals surface area (Å²) in [6.45, 7) is 12.1. The van der Waals surface area contributed by atoms with Crippen molar-refractivity contribution in [1.82, 2.24) is 4.90 Å². The molecule has 0 aliphatic heterocycles. The zero-order valence-corrected chi connectivity index (χ0v) is 9.71. The fourth-order valence-electron chi connectivity index (χ4n) is 1.50. The van der Waals surface area contributed by atoms with E-state index in [-0.39, 0.29) is 0 Å². The van der Waals surface area contributed by atoms with Crippen LogP contribution in [0.1, 0.15) is 40.5 Å². The lowest BCUT2D eigenvalue weighted by Gasteiger charge is -2.25. The smallest absolute Gasteiger partial charge is 0.0107 e. The Morgan fingerprint density at radius 2 is 1.69 bits per heavy atom. The third kappa shape index (κ3) is 7.03. The van der Waals surface area contributed by atoms with E-state index in [2.05, 4.69) is 32.6 Å². The van der Waals surface area contributed by atoms with Gasteiger partial charge in [0.1, 0.15) is 0 Å². The minimum atomic E-state index is 0.635. The maximum absolute atomic E-state index is 5.56. The van der Waals surface area contributed by atoms with Gasteiger partial charge in [-0.1, -0.05) is 13.8 Å². The molecule has 0 aliphatic carbocycles. The van der Waals surface area contributed by atoms with Crippen molar-refractivity contribution in [3.8, 4) is 0 Å². The Hall–Kier alpha value is -0.0800. The molecule has 0 spiro atoms. The van der Waals surface area contributed by atoms with Crippen LogP contribution in [0.2, 0.25) is 0 Å².